The summed E-state index contributed by atoms with van der Waals surface area (Å²) in [5, 5.41) is 11.6. The highest BCUT2D eigenvalue weighted by Gasteiger charge is 2.14. The minimum absolute atomic E-state index is 0. The lowest BCUT2D eigenvalue weighted by atomic mass is 10.2. The molecule has 0 heterocycles. The summed E-state index contributed by atoms with van der Waals surface area (Å²) < 4.78 is 0. The van der Waals surface area contributed by atoms with Crippen molar-refractivity contribution < 1.29 is 5.11 Å². The summed E-state index contributed by atoms with van der Waals surface area (Å²) in [5.41, 5.74) is 5.57. The molecule has 1 aliphatic carbocycles. The number of hydrogen-bond acceptors (Lipinski definition) is 2. The van der Waals surface area contributed by atoms with Gasteiger partial charge in [-0.1, -0.05) is 12.8 Å². The maximum Gasteiger partial charge on any atom is 0.188 e. The molecular formula is C8H18BrN3O. The lowest BCUT2D eigenvalue weighted by Crippen LogP contribution is -2.38. The fraction of sp³-hybridized carbons (Fsp3) is 0.875. The standard InChI is InChI=1S/C8H17N3O.BrH/c9-8(10-5-6-12)11-7-3-1-2-4-7;/h7,12H,1-6H2,(H3,9,10,11);1H. The van der Waals surface area contributed by atoms with E-state index in [4.69, 9.17) is 10.8 Å². The summed E-state index contributed by atoms with van der Waals surface area (Å²) >= 11 is 0. The number of aliphatic hydroxyl groups is 1. The second kappa shape index (κ2) is 7.15. The Kier molecular flexibility index (Phi) is 6.99. The second-order valence-electron chi connectivity index (χ2n) is 3.12. The van der Waals surface area contributed by atoms with E-state index in [-0.39, 0.29) is 23.6 Å². The minimum Gasteiger partial charge on any atom is -0.394 e. The van der Waals surface area contributed by atoms with Crippen molar-refractivity contribution in [2.45, 2.75) is 31.7 Å². The zero-order valence-electron chi connectivity index (χ0n) is 7.70. The normalized spacial score (nSPS) is 18.4. The molecule has 1 saturated carbocycles. The Hall–Kier alpha value is -0.290. The minimum atomic E-state index is 0. The Morgan fingerprint density at radius 1 is 1.46 bits per heavy atom. The van der Waals surface area contributed by atoms with E-state index in [9.17, 15) is 0 Å². The number of aliphatic hydroxyl groups excluding tert-OH is 1. The first-order valence-corrected chi connectivity index (χ1v) is 4.50. The van der Waals surface area contributed by atoms with Crippen LogP contribution in [-0.4, -0.2) is 30.3 Å². The van der Waals surface area contributed by atoms with Crippen LogP contribution < -0.4 is 11.1 Å². The molecule has 0 bridgehead atoms. The third-order valence-corrected chi connectivity index (χ3v) is 2.09. The van der Waals surface area contributed by atoms with Crippen LogP contribution in [0.4, 0.5) is 0 Å². The number of nitrogens with two attached hydrogens (primary N) is 1. The average Bonchev–Trinajstić information content (AvgIpc) is 2.53. The van der Waals surface area contributed by atoms with Crippen molar-refractivity contribution in [1.82, 2.24) is 5.32 Å². The van der Waals surface area contributed by atoms with Crippen molar-refractivity contribution in [3.63, 3.8) is 0 Å². The van der Waals surface area contributed by atoms with Gasteiger partial charge < -0.3 is 16.2 Å². The first-order chi connectivity index (χ1) is 5.83. The quantitative estimate of drug-likeness (QED) is 0.503. The molecule has 0 unspecified atom stereocenters. The third-order valence-electron chi connectivity index (χ3n) is 2.09. The number of halogens is 1. The van der Waals surface area contributed by atoms with E-state index >= 15 is 0 Å². The van der Waals surface area contributed by atoms with Crippen LogP contribution in [0.25, 0.3) is 0 Å². The predicted octanol–water partition coefficient (Wildman–Crippen LogP) is 0.403. The molecule has 1 rings (SSSR count). The van der Waals surface area contributed by atoms with Crippen molar-refractivity contribution in [1.29, 1.82) is 0 Å². The summed E-state index contributed by atoms with van der Waals surface area (Å²) in [4.78, 5) is 3.94. The van der Waals surface area contributed by atoms with Crippen LogP contribution in [0.1, 0.15) is 25.7 Å². The SMILES string of the molecule is Br.NC(=NCCO)NC1CCCC1. The van der Waals surface area contributed by atoms with Crippen molar-refractivity contribution in [2.75, 3.05) is 13.2 Å². The van der Waals surface area contributed by atoms with Crippen LogP contribution in [0.5, 0.6) is 0 Å². The number of nitrogens with zero attached hydrogens (tertiary/aromatic N) is 1. The molecule has 1 aliphatic rings. The van der Waals surface area contributed by atoms with Gasteiger partial charge in [0.15, 0.2) is 5.96 Å². The van der Waals surface area contributed by atoms with Crippen LogP contribution in [0.3, 0.4) is 0 Å². The molecule has 1 fully saturated rings. The van der Waals surface area contributed by atoms with Gasteiger partial charge >= 0.3 is 0 Å². The van der Waals surface area contributed by atoms with E-state index in [1.54, 1.807) is 0 Å². The molecule has 0 saturated heterocycles. The monoisotopic (exact) mass is 251 g/mol. The van der Waals surface area contributed by atoms with E-state index in [0.29, 0.717) is 18.5 Å². The molecule has 13 heavy (non-hydrogen) atoms. The number of guanidine groups is 1. The van der Waals surface area contributed by atoms with Gasteiger partial charge in [0.2, 0.25) is 0 Å². The molecule has 0 spiro atoms. The van der Waals surface area contributed by atoms with Gasteiger partial charge in [-0.25, -0.2) is 0 Å². The van der Waals surface area contributed by atoms with Gasteiger partial charge in [-0.3, -0.25) is 4.99 Å². The Morgan fingerprint density at radius 2 is 2.08 bits per heavy atom. The third kappa shape index (κ3) is 5.10. The molecule has 0 radical (unpaired) electrons. The van der Waals surface area contributed by atoms with Gasteiger partial charge in [-0.15, -0.1) is 17.0 Å². The van der Waals surface area contributed by atoms with Gasteiger partial charge in [0.1, 0.15) is 0 Å². The smallest absolute Gasteiger partial charge is 0.188 e. The van der Waals surface area contributed by atoms with Crippen molar-refractivity contribution in [3.05, 3.63) is 0 Å². The summed E-state index contributed by atoms with van der Waals surface area (Å²) in [6.45, 7) is 0.457. The van der Waals surface area contributed by atoms with E-state index in [1.165, 1.54) is 25.7 Å². The van der Waals surface area contributed by atoms with Crippen molar-refractivity contribution in [2.24, 2.45) is 10.7 Å². The van der Waals surface area contributed by atoms with Gasteiger partial charge in [-0.2, -0.15) is 0 Å². The number of nitrogens with one attached hydrogen (secondary N) is 1. The summed E-state index contributed by atoms with van der Waals surface area (Å²) in [6, 6.07) is 0.507. The van der Waals surface area contributed by atoms with Crippen LogP contribution in [-0.2, 0) is 0 Å². The molecule has 0 atom stereocenters. The predicted molar refractivity (Wildman–Crippen MR) is 59.3 cm³/mol. The van der Waals surface area contributed by atoms with Gasteiger partial charge in [0, 0.05) is 6.04 Å². The lowest BCUT2D eigenvalue weighted by molar-refractivity contribution is 0.306. The molecule has 5 heteroatoms. The Balaban J connectivity index is 0.00000144. The van der Waals surface area contributed by atoms with Gasteiger partial charge in [-0.05, 0) is 12.8 Å². The zero-order chi connectivity index (χ0) is 8.81. The molecule has 0 amide bonds. The molecule has 4 N–H and O–H groups in total. The maximum absolute atomic E-state index is 8.49. The van der Waals surface area contributed by atoms with Crippen LogP contribution in [0, 0.1) is 0 Å². The molecule has 0 aromatic carbocycles. The largest absolute Gasteiger partial charge is 0.394 e. The highest BCUT2D eigenvalue weighted by Crippen LogP contribution is 2.17. The van der Waals surface area contributed by atoms with E-state index < -0.39 is 0 Å². The van der Waals surface area contributed by atoms with Crippen LogP contribution in [0.15, 0.2) is 4.99 Å². The van der Waals surface area contributed by atoms with Crippen LogP contribution >= 0.6 is 17.0 Å². The number of hydrogen-bond donors (Lipinski definition) is 3. The zero-order valence-corrected chi connectivity index (χ0v) is 9.41. The van der Waals surface area contributed by atoms with Gasteiger partial charge in [0.05, 0.1) is 13.2 Å². The number of aliphatic imine (C=N–C) groups is 1. The first kappa shape index (κ1) is 12.7. The summed E-state index contributed by atoms with van der Waals surface area (Å²) in [5.74, 6) is 0.468. The maximum atomic E-state index is 8.49. The molecule has 4 nitrogen and oxygen atoms in total. The molecule has 0 aromatic heterocycles. The van der Waals surface area contributed by atoms with Gasteiger partial charge in [0.25, 0.3) is 0 Å². The van der Waals surface area contributed by atoms with E-state index in [0.717, 1.165) is 0 Å². The fourth-order valence-electron chi connectivity index (χ4n) is 1.50. The Bertz CT molecular complexity index is 157. The Labute approximate surface area is 89.4 Å². The average molecular weight is 252 g/mol. The van der Waals surface area contributed by atoms with E-state index in [2.05, 4.69) is 10.3 Å². The van der Waals surface area contributed by atoms with Crippen LogP contribution in [0.2, 0.25) is 0 Å². The highest BCUT2D eigenvalue weighted by atomic mass is 79.9. The lowest BCUT2D eigenvalue weighted by Gasteiger charge is -2.11. The highest BCUT2D eigenvalue weighted by molar-refractivity contribution is 8.93. The molecular weight excluding hydrogens is 234 g/mol. The van der Waals surface area contributed by atoms with Crippen molar-refractivity contribution in [3.8, 4) is 0 Å². The second-order valence-corrected chi connectivity index (χ2v) is 3.12. The molecule has 0 aromatic rings. The summed E-state index contributed by atoms with van der Waals surface area (Å²) in [6.07, 6.45) is 4.95. The number of rotatable bonds is 3. The Morgan fingerprint density at radius 3 is 2.62 bits per heavy atom. The van der Waals surface area contributed by atoms with E-state index in [1.807, 2.05) is 0 Å². The summed E-state index contributed by atoms with van der Waals surface area (Å²) in [7, 11) is 0. The molecule has 78 valence electrons. The fourth-order valence-corrected chi connectivity index (χ4v) is 1.50. The topological polar surface area (TPSA) is 70.6 Å². The first-order valence-electron chi connectivity index (χ1n) is 4.50. The van der Waals surface area contributed by atoms with Crippen molar-refractivity contribution >= 4 is 22.9 Å². The molecule has 0 aliphatic heterocycles.